The summed E-state index contributed by atoms with van der Waals surface area (Å²) in [6.45, 7) is 11.4. The van der Waals surface area contributed by atoms with E-state index in [1.807, 2.05) is 0 Å². The fourth-order valence-electron chi connectivity index (χ4n) is 7.65. The van der Waals surface area contributed by atoms with Gasteiger partial charge in [0.25, 0.3) is 0 Å². The van der Waals surface area contributed by atoms with Crippen LogP contribution in [0.1, 0.15) is 226 Å². The van der Waals surface area contributed by atoms with Crippen molar-refractivity contribution < 1.29 is 24.2 Å². The normalized spacial score (nSPS) is 13.7. The van der Waals surface area contributed by atoms with E-state index in [0.29, 0.717) is 37.4 Å². The van der Waals surface area contributed by atoms with Crippen molar-refractivity contribution in [1.29, 1.82) is 0 Å². The van der Waals surface area contributed by atoms with Crippen LogP contribution >= 0.6 is 0 Å². The minimum absolute atomic E-state index is 0.0194. The first-order valence-electron chi connectivity index (χ1n) is 22.6. The highest BCUT2D eigenvalue weighted by atomic mass is 16.5. The van der Waals surface area contributed by atoms with Gasteiger partial charge >= 0.3 is 11.9 Å². The third kappa shape index (κ3) is 29.9. The number of unbranched alkanes of at least 4 members (excludes halogenated alkanes) is 17. The summed E-state index contributed by atoms with van der Waals surface area (Å²) in [4.78, 5) is 27.2. The third-order valence-corrected chi connectivity index (χ3v) is 11.5. The molecule has 0 aromatic rings. The number of aliphatic hydroxyl groups excluding tert-OH is 1. The summed E-state index contributed by atoms with van der Waals surface area (Å²) in [6, 6.07) is 0. The van der Waals surface area contributed by atoms with E-state index in [9.17, 15) is 14.7 Å². The van der Waals surface area contributed by atoms with Gasteiger partial charge in [0.15, 0.2) is 0 Å². The number of carbonyl (C=O) groups excluding carboxylic acids is 2. The Kier molecular flexibility index (Phi) is 32.5. The Balaban J connectivity index is 2.15. The van der Waals surface area contributed by atoms with Crippen LogP contribution in [0.3, 0.4) is 0 Å². The van der Waals surface area contributed by atoms with Gasteiger partial charge in [-0.15, -0.1) is 0 Å². The molecule has 1 saturated carbocycles. The van der Waals surface area contributed by atoms with Crippen LogP contribution in [0.5, 0.6) is 0 Å². The van der Waals surface area contributed by atoms with E-state index < -0.39 is 0 Å². The summed E-state index contributed by atoms with van der Waals surface area (Å²) >= 11 is 0. The highest BCUT2D eigenvalue weighted by Crippen LogP contribution is 2.53. The number of ether oxygens (including phenoxy) is 2. The second-order valence-electron chi connectivity index (χ2n) is 16.3. The number of nitrogens with zero attached hydrogens (tertiary/aromatic N) is 1. The standard InChI is InChI=1S/C45H87NO5/c1-4-7-10-13-14-18-25-40-50-43(48)29-21-16-15-17-23-36-46(38-26-39-47)37-24-22-32-45(34-35-45)33-30-44(49)51-41-31-42(27-19-11-8-5-2)28-20-12-9-6-3/h42,47H,4-41H2,1-3H3. The molecule has 0 atom stereocenters. The van der Waals surface area contributed by atoms with Crippen molar-refractivity contribution in [2.75, 3.05) is 39.5 Å². The Hall–Kier alpha value is -1.14. The molecule has 302 valence electrons. The van der Waals surface area contributed by atoms with Gasteiger partial charge in [0.2, 0.25) is 0 Å². The lowest BCUT2D eigenvalue weighted by molar-refractivity contribution is -0.145. The van der Waals surface area contributed by atoms with Gasteiger partial charge < -0.3 is 19.5 Å². The Morgan fingerprint density at radius 1 is 0.529 bits per heavy atom. The van der Waals surface area contributed by atoms with Gasteiger partial charge in [-0.1, -0.05) is 149 Å². The lowest BCUT2D eigenvalue weighted by atomic mass is 9.92. The molecule has 1 fully saturated rings. The first-order valence-corrected chi connectivity index (χ1v) is 22.6. The van der Waals surface area contributed by atoms with Crippen molar-refractivity contribution in [2.24, 2.45) is 11.3 Å². The zero-order chi connectivity index (χ0) is 37.1. The molecule has 0 bridgehead atoms. The van der Waals surface area contributed by atoms with Gasteiger partial charge in [-0.3, -0.25) is 9.59 Å². The number of hydrogen-bond donors (Lipinski definition) is 1. The Labute approximate surface area is 317 Å². The molecule has 1 N–H and O–H groups in total. The van der Waals surface area contributed by atoms with Crippen LogP contribution in [0.2, 0.25) is 0 Å². The Morgan fingerprint density at radius 2 is 1.02 bits per heavy atom. The van der Waals surface area contributed by atoms with Crippen molar-refractivity contribution >= 4 is 11.9 Å². The molecule has 1 rings (SSSR count). The molecular formula is C45H87NO5. The van der Waals surface area contributed by atoms with E-state index in [1.165, 1.54) is 154 Å². The van der Waals surface area contributed by atoms with Crippen LogP contribution in [0.15, 0.2) is 0 Å². The average Bonchev–Trinajstić information content (AvgIpc) is 3.91. The molecule has 0 radical (unpaired) electrons. The predicted molar refractivity (Wildman–Crippen MR) is 216 cm³/mol. The summed E-state index contributed by atoms with van der Waals surface area (Å²) in [5, 5.41) is 9.42. The quantitative estimate of drug-likeness (QED) is 0.0501. The van der Waals surface area contributed by atoms with Crippen LogP contribution in [0, 0.1) is 11.3 Å². The van der Waals surface area contributed by atoms with E-state index in [-0.39, 0.29) is 18.5 Å². The lowest BCUT2D eigenvalue weighted by Crippen LogP contribution is -2.28. The lowest BCUT2D eigenvalue weighted by Gasteiger charge is -2.22. The second-order valence-corrected chi connectivity index (χ2v) is 16.3. The number of hydrogen-bond acceptors (Lipinski definition) is 6. The number of rotatable bonds is 40. The highest BCUT2D eigenvalue weighted by molar-refractivity contribution is 5.69. The minimum atomic E-state index is -0.0237. The van der Waals surface area contributed by atoms with Crippen LogP contribution in [-0.4, -0.2) is 61.4 Å². The molecule has 1 aliphatic rings. The minimum Gasteiger partial charge on any atom is -0.466 e. The van der Waals surface area contributed by atoms with Crippen LogP contribution in [0.4, 0.5) is 0 Å². The zero-order valence-electron chi connectivity index (χ0n) is 34.5. The Bertz CT molecular complexity index is 773. The number of carbonyl (C=O) groups is 2. The summed E-state index contributed by atoms with van der Waals surface area (Å²) in [5.74, 6) is 0.708. The van der Waals surface area contributed by atoms with Gasteiger partial charge in [-0.05, 0) is 88.6 Å². The zero-order valence-corrected chi connectivity index (χ0v) is 34.5. The fraction of sp³-hybridized carbons (Fsp3) is 0.956. The van der Waals surface area contributed by atoms with E-state index in [2.05, 4.69) is 25.7 Å². The maximum Gasteiger partial charge on any atom is 0.305 e. The maximum atomic E-state index is 12.7. The van der Waals surface area contributed by atoms with E-state index >= 15 is 0 Å². The molecule has 0 spiro atoms. The average molecular weight is 722 g/mol. The monoisotopic (exact) mass is 722 g/mol. The molecule has 0 aliphatic heterocycles. The van der Waals surface area contributed by atoms with Crippen molar-refractivity contribution in [2.45, 2.75) is 226 Å². The van der Waals surface area contributed by atoms with Gasteiger partial charge in [0.05, 0.1) is 13.2 Å². The predicted octanol–water partition coefficient (Wildman–Crippen LogP) is 12.5. The SMILES string of the molecule is CCCCCCCCCOC(=O)CCCCCCCN(CCCO)CCCCC1(CCC(=O)OCCC(CCCCCC)CCCCCC)CC1. The summed E-state index contributed by atoms with van der Waals surface area (Å²) in [5.41, 5.74) is 0.385. The summed E-state index contributed by atoms with van der Waals surface area (Å²) in [6.07, 6.45) is 37.6. The van der Waals surface area contributed by atoms with Crippen molar-refractivity contribution in [3.8, 4) is 0 Å². The van der Waals surface area contributed by atoms with E-state index in [4.69, 9.17) is 9.47 Å². The van der Waals surface area contributed by atoms with Gasteiger partial charge in [-0.25, -0.2) is 0 Å². The molecule has 0 aromatic carbocycles. The second kappa shape index (κ2) is 34.6. The molecule has 51 heavy (non-hydrogen) atoms. The van der Waals surface area contributed by atoms with E-state index in [1.54, 1.807) is 0 Å². The van der Waals surface area contributed by atoms with Gasteiger partial charge in [-0.2, -0.15) is 0 Å². The van der Waals surface area contributed by atoms with Crippen molar-refractivity contribution in [3.63, 3.8) is 0 Å². The number of aliphatic hydroxyl groups is 1. The molecule has 1 aliphatic carbocycles. The van der Waals surface area contributed by atoms with E-state index in [0.717, 1.165) is 58.2 Å². The molecule has 6 heteroatoms. The first-order chi connectivity index (χ1) is 25.0. The highest BCUT2D eigenvalue weighted by Gasteiger charge is 2.41. The molecule has 0 saturated heterocycles. The maximum absolute atomic E-state index is 12.7. The molecular weight excluding hydrogens is 634 g/mol. The molecule has 0 amide bonds. The number of esters is 2. The van der Waals surface area contributed by atoms with Crippen molar-refractivity contribution in [3.05, 3.63) is 0 Å². The van der Waals surface area contributed by atoms with Crippen LogP contribution in [0.25, 0.3) is 0 Å². The van der Waals surface area contributed by atoms with Crippen molar-refractivity contribution in [1.82, 2.24) is 4.90 Å². The van der Waals surface area contributed by atoms with Crippen LogP contribution < -0.4 is 0 Å². The third-order valence-electron chi connectivity index (χ3n) is 11.5. The van der Waals surface area contributed by atoms with Gasteiger partial charge in [0.1, 0.15) is 0 Å². The summed E-state index contributed by atoms with van der Waals surface area (Å²) < 4.78 is 11.2. The smallest absolute Gasteiger partial charge is 0.305 e. The topological polar surface area (TPSA) is 76.1 Å². The molecule has 0 heterocycles. The largest absolute Gasteiger partial charge is 0.466 e. The summed E-state index contributed by atoms with van der Waals surface area (Å²) in [7, 11) is 0. The molecule has 6 nitrogen and oxygen atoms in total. The first kappa shape index (κ1) is 47.9. The van der Waals surface area contributed by atoms with Crippen LogP contribution in [-0.2, 0) is 19.1 Å². The van der Waals surface area contributed by atoms with Gasteiger partial charge in [0, 0.05) is 26.0 Å². The fourth-order valence-corrected chi connectivity index (χ4v) is 7.65. The Morgan fingerprint density at radius 3 is 1.63 bits per heavy atom. The molecule has 0 aromatic heterocycles. The molecule has 0 unspecified atom stereocenters.